The van der Waals surface area contributed by atoms with E-state index in [2.05, 4.69) is 0 Å². The van der Waals surface area contributed by atoms with Crippen LogP contribution in [0.5, 0.6) is 5.75 Å². The topological polar surface area (TPSA) is 9.23 Å². The number of hydrogen-bond donors (Lipinski definition) is 0. The molecule has 14 heavy (non-hydrogen) atoms. The molecule has 2 aromatic rings. The van der Waals surface area contributed by atoms with Gasteiger partial charge in [-0.2, -0.15) is 4.39 Å². The minimum atomic E-state index is -0.204. The van der Waals surface area contributed by atoms with Gasteiger partial charge in [0.25, 0.3) is 0 Å². The van der Waals surface area contributed by atoms with Crippen molar-refractivity contribution in [2.75, 3.05) is 7.11 Å². The smallest absolute Gasteiger partial charge is 0.177 e. The van der Waals surface area contributed by atoms with Gasteiger partial charge in [-0.25, -0.2) is 0 Å². The SMILES string of the molecule is COc1cc(CCl)cc2cc(F)sc12. The molecule has 0 fully saturated rings. The zero-order chi connectivity index (χ0) is 10.1. The van der Waals surface area contributed by atoms with Crippen molar-refractivity contribution >= 4 is 33.0 Å². The molecule has 0 saturated carbocycles. The number of fused-ring (bicyclic) bond motifs is 1. The molecule has 0 atom stereocenters. The average molecular weight is 231 g/mol. The molecule has 1 aromatic carbocycles. The number of hydrogen-bond acceptors (Lipinski definition) is 2. The van der Waals surface area contributed by atoms with Gasteiger partial charge in [-0.05, 0) is 29.1 Å². The summed E-state index contributed by atoms with van der Waals surface area (Å²) >= 11 is 6.80. The Morgan fingerprint density at radius 3 is 2.86 bits per heavy atom. The lowest BCUT2D eigenvalue weighted by atomic mass is 10.2. The Kier molecular flexibility index (Phi) is 2.61. The number of thiophene rings is 1. The van der Waals surface area contributed by atoms with Gasteiger partial charge in [0, 0.05) is 5.88 Å². The summed E-state index contributed by atoms with van der Waals surface area (Å²) in [6.45, 7) is 0. The third kappa shape index (κ3) is 1.57. The number of ether oxygens (including phenoxy) is 1. The van der Waals surface area contributed by atoms with Crippen molar-refractivity contribution in [3.05, 3.63) is 28.9 Å². The van der Waals surface area contributed by atoms with Gasteiger partial charge < -0.3 is 4.74 Å². The summed E-state index contributed by atoms with van der Waals surface area (Å²) in [5.74, 6) is 1.09. The lowest BCUT2D eigenvalue weighted by Crippen LogP contribution is -1.85. The van der Waals surface area contributed by atoms with E-state index in [-0.39, 0.29) is 5.13 Å². The molecule has 74 valence electrons. The highest BCUT2D eigenvalue weighted by atomic mass is 35.5. The third-order valence-corrected chi connectivity index (χ3v) is 3.25. The van der Waals surface area contributed by atoms with Gasteiger partial charge in [-0.1, -0.05) is 0 Å². The van der Waals surface area contributed by atoms with Gasteiger partial charge in [0.2, 0.25) is 0 Å². The van der Waals surface area contributed by atoms with Gasteiger partial charge >= 0.3 is 0 Å². The zero-order valence-electron chi connectivity index (χ0n) is 7.51. The molecule has 0 aliphatic rings. The van der Waals surface area contributed by atoms with E-state index in [1.165, 1.54) is 6.07 Å². The molecule has 4 heteroatoms. The Hall–Kier alpha value is -0.800. The van der Waals surface area contributed by atoms with Crippen LogP contribution in [0.15, 0.2) is 18.2 Å². The molecule has 0 radical (unpaired) electrons. The van der Waals surface area contributed by atoms with Gasteiger partial charge in [-0.15, -0.1) is 22.9 Å². The Labute approximate surface area is 90.1 Å². The summed E-state index contributed by atoms with van der Waals surface area (Å²) in [4.78, 5) is 0. The predicted molar refractivity (Wildman–Crippen MR) is 57.9 cm³/mol. The van der Waals surface area contributed by atoms with E-state index in [1.807, 2.05) is 12.1 Å². The van der Waals surface area contributed by atoms with E-state index < -0.39 is 0 Å². The summed E-state index contributed by atoms with van der Waals surface area (Å²) in [5.41, 5.74) is 0.939. The molecule has 1 aromatic heterocycles. The molecule has 1 heterocycles. The molecule has 0 bridgehead atoms. The van der Waals surface area contributed by atoms with Gasteiger partial charge in [-0.3, -0.25) is 0 Å². The fourth-order valence-corrected chi connectivity index (χ4v) is 2.39. The molecule has 2 rings (SSSR count). The van der Waals surface area contributed by atoms with E-state index in [9.17, 15) is 4.39 Å². The molecular weight excluding hydrogens is 223 g/mol. The average Bonchev–Trinajstić information content (AvgIpc) is 2.56. The van der Waals surface area contributed by atoms with Crippen molar-refractivity contribution in [3.8, 4) is 5.75 Å². The summed E-state index contributed by atoms with van der Waals surface area (Å²) < 4.78 is 19.0. The number of halogens is 2. The maximum atomic E-state index is 13.0. The number of rotatable bonds is 2. The van der Waals surface area contributed by atoms with Crippen LogP contribution in [0.3, 0.4) is 0 Å². The predicted octanol–water partition coefficient (Wildman–Crippen LogP) is 3.79. The summed E-state index contributed by atoms with van der Waals surface area (Å²) in [6.07, 6.45) is 0. The fourth-order valence-electron chi connectivity index (χ4n) is 1.38. The maximum absolute atomic E-state index is 13.0. The van der Waals surface area contributed by atoms with Crippen LogP contribution in [0.2, 0.25) is 0 Å². The second kappa shape index (κ2) is 3.75. The van der Waals surface area contributed by atoms with Crippen LogP contribution in [0.25, 0.3) is 10.1 Å². The lowest BCUT2D eigenvalue weighted by molar-refractivity contribution is 0.420. The van der Waals surface area contributed by atoms with Crippen LogP contribution in [-0.4, -0.2) is 7.11 Å². The monoisotopic (exact) mass is 230 g/mol. The lowest BCUT2D eigenvalue weighted by Gasteiger charge is -2.03. The minimum absolute atomic E-state index is 0.204. The first kappa shape index (κ1) is 9.74. The zero-order valence-corrected chi connectivity index (χ0v) is 9.08. The highest BCUT2D eigenvalue weighted by Crippen LogP contribution is 2.34. The first-order chi connectivity index (χ1) is 6.74. The van der Waals surface area contributed by atoms with Crippen LogP contribution in [0, 0.1) is 5.13 Å². The van der Waals surface area contributed by atoms with Crippen LogP contribution >= 0.6 is 22.9 Å². The van der Waals surface area contributed by atoms with Crippen LogP contribution in [-0.2, 0) is 5.88 Å². The molecule has 0 N–H and O–H groups in total. The van der Waals surface area contributed by atoms with Crippen molar-refractivity contribution in [2.24, 2.45) is 0 Å². The highest BCUT2D eigenvalue weighted by molar-refractivity contribution is 7.17. The largest absolute Gasteiger partial charge is 0.495 e. The van der Waals surface area contributed by atoms with E-state index in [4.69, 9.17) is 16.3 Å². The van der Waals surface area contributed by atoms with Crippen molar-refractivity contribution < 1.29 is 9.13 Å². The third-order valence-electron chi connectivity index (χ3n) is 1.99. The number of benzene rings is 1. The van der Waals surface area contributed by atoms with E-state index in [0.29, 0.717) is 11.6 Å². The van der Waals surface area contributed by atoms with E-state index in [1.54, 1.807) is 7.11 Å². The molecule has 0 saturated heterocycles. The Balaban J connectivity index is 2.72. The summed E-state index contributed by atoms with van der Waals surface area (Å²) in [6, 6.07) is 5.22. The number of methoxy groups -OCH3 is 1. The molecule has 1 nitrogen and oxygen atoms in total. The molecule has 0 aliphatic carbocycles. The van der Waals surface area contributed by atoms with Crippen LogP contribution in [0.1, 0.15) is 5.56 Å². The normalized spacial score (nSPS) is 10.8. The standard InChI is InChI=1S/C10H8ClFOS/c1-13-8-3-6(5-11)2-7-4-9(12)14-10(7)8/h2-4H,5H2,1H3. The van der Waals surface area contributed by atoms with Crippen LogP contribution < -0.4 is 4.74 Å². The second-order valence-electron chi connectivity index (χ2n) is 2.90. The Bertz CT molecular complexity index is 466. The first-order valence-electron chi connectivity index (χ1n) is 4.06. The minimum Gasteiger partial charge on any atom is -0.495 e. The molecule has 0 spiro atoms. The summed E-state index contributed by atoms with van der Waals surface area (Å²) in [7, 11) is 1.57. The van der Waals surface area contributed by atoms with Crippen molar-refractivity contribution in [1.82, 2.24) is 0 Å². The fraction of sp³-hybridized carbons (Fsp3) is 0.200. The molecule has 0 unspecified atom stereocenters. The Morgan fingerprint density at radius 1 is 1.43 bits per heavy atom. The first-order valence-corrected chi connectivity index (χ1v) is 5.41. The van der Waals surface area contributed by atoms with E-state index >= 15 is 0 Å². The van der Waals surface area contributed by atoms with Crippen molar-refractivity contribution in [1.29, 1.82) is 0 Å². The molecular formula is C10H8ClFOS. The summed E-state index contributed by atoms with van der Waals surface area (Å²) in [5, 5.41) is 0.646. The van der Waals surface area contributed by atoms with Crippen molar-refractivity contribution in [2.45, 2.75) is 5.88 Å². The van der Waals surface area contributed by atoms with Crippen molar-refractivity contribution in [3.63, 3.8) is 0 Å². The van der Waals surface area contributed by atoms with Gasteiger partial charge in [0.05, 0.1) is 11.8 Å². The van der Waals surface area contributed by atoms with Gasteiger partial charge in [0.15, 0.2) is 5.13 Å². The van der Waals surface area contributed by atoms with Gasteiger partial charge in [0.1, 0.15) is 5.75 Å². The molecule has 0 aliphatic heterocycles. The van der Waals surface area contributed by atoms with E-state index in [0.717, 1.165) is 27.0 Å². The van der Waals surface area contributed by atoms with Crippen LogP contribution in [0.4, 0.5) is 4.39 Å². The molecule has 0 amide bonds. The number of alkyl halides is 1. The second-order valence-corrected chi connectivity index (χ2v) is 4.17. The quantitative estimate of drug-likeness (QED) is 0.714. The maximum Gasteiger partial charge on any atom is 0.177 e. The Morgan fingerprint density at radius 2 is 2.21 bits per heavy atom. The highest BCUT2D eigenvalue weighted by Gasteiger charge is 2.08.